The van der Waals surface area contributed by atoms with E-state index < -0.39 is 77.4 Å². The molecule has 2 aliphatic heterocycles. The number of alkyl halides is 3. The summed E-state index contributed by atoms with van der Waals surface area (Å²) in [6, 6.07) is 3.09. The van der Waals surface area contributed by atoms with Gasteiger partial charge in [-0.05, 0) is 56.0 Å². The molecule has 4 heterocycles. The highest BCUT2D eigenvalue weighted by Crippen LogP contribution is 2.46. The lowest BCUT2D eigenvalue weighted by molar-refractivity contribution is -0.170. The minimum atomic E-state index is -4.86. The van der Waals surface area contributed by atoms with E-state index in [0.29, 0.717) is 52.6 Å². The van der Waals surface area contributed by atoms with E-state index in [9.17, 15) is 40.7 Å². The predicted octanol–water partition coefficient (Wildman–Crippen LogP) is 4.54. The number of piperidine rings is 1. The second kappa shape index (κ2) is 10.1. The zero-order chi connectivity index (χ0) is 30.8. The molecule has 0 bridgehead atoms. The van der Waals surface area contributed by atoms with Crippen molar-refractivity contribution >= 4 is 23.5 Å². The Balaban J connectivity index is 1.28. The molecule has 1 saturated heterocycles. The van der Waals surface area contributed by atoms with Crippen LogP contribution in [0.4, 0.5) is 32.2 Å². The lowest BCUT2D eigenvalue weighted by Crippen LogP contribution is -2.59. The van der Waals surface area contributed by atoms with Crippen molar-refractivity contribution in [2.45, 2.75) is 62.2 Å². The monoisotopic (exact) mass is 606 g/mol. The second-order valence-electron chi connectivity index (χ2n) is 11.1. The van der Waals surface area contributed by atoms with Crippen LogP contribution in [0.1, 0.15) is 58.7 Å². The number of furan rings is 1. The largest absolute Gasteiger partial charge is 0.456 e. The number of hydrogen-bond donors (Lipinski definition) is 2. The standard InChI is InChI=1S/C29H24F6N4O4/c1-13-15(22-17(30)4-5-18(31)23(22)32)10-19(26(41)39(13)12-29(33,34)35)37-25(40)21-9-14-11-28(7-6-20(14)43-21)16-3-2-8-36-24(16)38-27(28)42/h2-5,8-9,13,15,19H,6-7,10-12H2,1H3,(H,37,40)(H,36,38,42). The molecule has 1 aromatic carbocycles. The summed E-state index contributed by atoms with van der Waals surface area (Å²) in [6.45, 7) is -0.566. The molecule has 4 atom stereocenters. The maximum Gasteiger partial charge on any atom is 0.406 e. The zero-order valence-electron chi connectivity index (χ0n) is 22.5. The zero-order valence-corrected chi connectivity index (χ0v) is 22.5. The summed E-state index contributed by atoms with van der Waals surface area (Å²) in [5, 5.41) is 5.12. The number of likely N-dealkylation sites (tertiary alicyclic amines) is 1. The number of benzene rings is 1. The fraction of sp³-hybridized carbons (Fsp3) is 0.379. The Bertz CT molecular complexity index is 1660. The summed E-state index contributed by atoms with van der Waals surface area (Å²) in [4.78, 5) is 44.0. The number of carbonyl (C=O) groups is 3. The molecule has 8 nitrogen and oxygen atoms in total. The number of nitrogens with one attached hydrogen (secondary N) is 2. The van der Waals surface area contributed by atoms with Crippen molar-refractivity contribution < 1.29 is 45.1 Å². The number of halogens is 6. The van der Waals surface area contributed by atoms with E-state index >= 15 is 0 Å². The van der Waals surface area contributed by atoms with Crippen molar-refractivity contribution in [2.75, 3.05) is 11.9 Å². The first-order chi connectivity index (χ1) is 20.3. The lowest BCUT2D eigenvalue weighted by Gasteiger charge is -2.43. The quantitative estimate of drug-likeness (QED) is 0.336. The van der Waals surface area contributed by atoms with Crippen LogP contribution in [0.3, 0.4) is 0 Å². The number of amides is 3. The third kappa shape index (κ3) is 4.82. The number of fused-ring (bicyclic) bond motifs is 3. The number of anilines is 1. The molecule has 3 aliphatic rings. The molecule has 0 radical (unpaired) electrons. The number of nitrogens with zero attached hydrogens (tertiary/aromatic N) is 2. The fourth-order valence-electron chi connectivity index (χ4n) is 6.52. The van der Waals surface area contributed by atoms with Crippen molar-refractivity contribution in [2.24, 2.45) is 0 Å². The molecule has 0 saturated carbocycles. The van der Waals surface area contributed by atoms with Crippen LogP contribution in [-0.2, 0) is 27.8 Å². The number of pyridine rings is 1. The summed E-state index contributed by atoms with van der Waals surface area (Å²) >= 11 is 0. The highest BCUT2D eigenvalue weighted by atomic mass is 19.4. The Labute approximate surface area is 240 Å². The fourth-order valence-corrected chi connectivity index (χ4v) is 6.52. The molecule has 1 fully saturated rings. The van der Waals surface area contributed by atoms with Crippen LogP contribution in [-0.4, -0.2) is 52.4 Å². The van der Waals surface area contributed by atoms with E-state index in [0.717, 1.165) is 0 Å². The van der Waals surface area contributed by atoms with E-state index in [2.05, 4.69) is 15.6 Å². The van der Waals surface area contributed by atoms with Gasteiger partial charge in [0.25, 0.3) is 5.91 Å². The van der Waals surface area contributed by atoms with Crippen LogP contribution in [0.15, 0.2) is 40.9 Å². The van der Waals surface area contributed by atoms with Crippen LogP contribution in [0.25, 0.3) is 0 Å². The first-order valence-corrected chi connectivity index (χ1v) is 13.5. The summed E-state index contributed by atoms with van der Waals surface area (Å²) in [5.41, 5.74) is -0.455. The molecule has 6 rings (SSSR count). The summed E-state index contributed by atoms with van der Waals surface area (Å²) in [5.74, 6) is -7.26. The summed E-state index contributed by atoms with van der Waals surface area (Å²) in [7, 11) is 0. The molecule has 43 heavy (non-hydrogen) atoms. The Morgan fingerprint density at radius 1 is 1.19 bits per heavy atom. The van der Waals surface area contributed by atoms with E-state index in [-0.39, 0.29) is 18.1 Å². The Morgan fingerprint density at radius 2 is 1.93 bits per heavy atom. The van der Waals surface area contributed by atoms with E-state index in [1.54, 1.807) is 18.3 Å². The van der Waals surface area contributed by atoms with Gasteiger partial charge in [-0.3, -0.25) is 14.4 Å². The van der Waals surface area contributed by atoms with Gasteiger partial charge in [0.15, 0.2) is 17.4 Å². The van der Waals surface area contributed by atoms with Gasteiger partial charge in [-0.25, -0.2) is 18.2 Å². The normalized spacial score (nSPS) is 25.0. The van der Waals surface area contributed by atoms with Gasteiger partial charge < -0.3 is 20.0 Å². The second-order valence-corrected chi connectivity index (χ2v) is 11.1. The number of rotatable bonds is 4. The van der Waals surface area contributed by atoms with Crippen molar-refractivity contribution in [1.29, 1.82) is 0 Å². The maximum absolute atomic E-state index is 14.7. The summed E-state index contributed by atoms with van der Waals surface area (Å²) in [6.07, 6.45) is -2.94. The minimum absolute atomic E-state index is 0.197. The molecule has 2 aromatic heterocycles. The molecular formula is C29H24F6N4O4. The van der Waals surface area contributed by atoms with Crippen LogP contribution >= 0.6 is 0 Å². The first-order valence-electron chi connectivity index (χ1n) is 13.5. The van der Waals surface area contributed by atoms with Gasteiger partial charge in [-0.2, -0.15) is 13.2 Å². The van der Waals surface area contributed by atoms with Gasteiger partial charge in [0.1, 0.15) is 30.0 Å². The predicted molar refractivity (Wildman–Crippen MR) is 137 cm³/mol. The van der Waals surface area contributed by atoms with Gasteiger partial charge >= 0.3 is 6.18 Å². The molecule has 3 amide bonds. The van der Waals surface area contributed by atoms with Crippen LogP contribution in [0.5, 0.6) is 0 Å². The van der Waals surface area contributed by atoms with Crippen molar-refractivity contribution in [1.82, 2.24) is 15.2 Å². The third-order valence-electron chi connectivity index (χ3n) is 8.63. The molecule has 1 spiro atoms. The molecular weight excluding hydrogens is 582 g/mol. The molecule has 14 heteroatoms. The highest BCUT2D eigenvalue weighted by Gasteiger charge is 2.50. The Morgan fingerprint density at radius 3 is 2.67 bits per heavy atom. The number of aromatic nitrogens is 1. The summed E-state index contributed by atoms with van der Waals surface area (Å²) < 4.78 is 89.5. The smallest absolute Gasteiger partial charge is 0.406 e. The van der Waals surface area contributed by atoms with Gasteiger partial charge in [0, 0.05) is 35.7 Å². The number of aryl methyl sites for hydroxylation is 1. The van der Waals surface area contributed by atoms with Gasteiger partial charge in [0.05, 0.1) is 5.41 Å². The highest BCUT2D eigenvalue weighted by molar-refractivity contribution is 6.05. The van der Waals surface area contributed by atoms with Crippen LogP contribution in [0, 0.1) is 17.5 Å². The average molecular weight is 607 g/mol. The van der Waals surface area contributed by atoms with Crippen molar-refractivity contribution in [3.05, 3.63) is 82.2 Å². The molecule has 3 aromatic rings. The lowest BCUT2D eigenvalue weighted by atomic mass is 9.70. The SMILES string of the molecule is CC1C(c2c(F)ccc(F)c2F)CC(NC(=O)c2cc3c(o2)CCC2(C3)C(=O)Nc3ncccc32)C(=O)N1CC(F)(F)F. The van der Waals surface area contributed by atoms with E-state index in [4.69, 9.17) is 4.42 Å². The van der Waals surface area contributed by atoms with Crippen molar-refractivity contribution in [3.8, 4) is 0 Å². The van der Waals surface area contributed by atoms with Crippen molar-refractivity contribution in [3.63, 3.8) is 0 Å². The minimum Gasteiger partial charge on any atom is -0.456 e. The van der Waals surface area contributed by atoms with Gasteiger partial charge in [0.2, 0.25) is 11.8 Å². The first kappa shape index (κ1) is 28.7. The average Bonchev–Trinajstić information content (AvgIpc) is 3.49. The van der Waals surface area contributed by atoms with E-state index in [1.165, 1.54) is 13.0 Å². The number of hydrogen-bond acceptors (Lipinski definition) is 5. The molecule has 1 aliphatic carbocycles. The molecule has 4 unspecified atom stereocenters. The van der Waals surface area contributed by atoms with Gasteiger partial charge in [-0.15, -0.1) is 0 Å². The molecule has 2 N–H and O–H groups in total. The molecule has 226 valence electrons. The van der Waals surface area contributed by atoms with Crippen LogP contribution in [0.2, 0.25) is 0 Å². The number of carbonyl (C=O) groups excluding carboxylic acids is 3. The maximum atomic E-state index is 14.7. The van der Waals surface area contributed by atoms with Crippen LogP contribution < -0.4 is 10.6 Å². The Hall–Kier alpha value is -4.36. The third-order valence-corrected chi connectivity index (χ3v) is 8.63. The Kier molecular flexibility index (Phi) is 6.77. The van der Waals surface area contributed by atoms with Gasteiger partial charge in [-0.1, -0.05) is 6.07 Å². The van der Waals surface area contributed by atoms with E-state index in [1.807, 2.05) is 0 Å². The topological polar surface area (TPSA) is 105 Å².